The van der Waals surface area contributed by atoms with E-state index in [1.54, 1.807) is 24.3 Å². The number of nitrogens with zero attached hydrogens (tertiary/aromatic N) is 4. The van der Waals surface area contributed by atoms with Gasteiger partial charge in [0.2, 0.25) is 9.84 Å². The number of sulfone groups is 1. The predicted octanol–water partition coefficient (Wildman–Crippen LogP) is 9.71. The first-order valence-corrected chi connectivity index (χ1v) is 20.9. The number of anilines is 2. The van der Waals surface area contributed by atoms with E-state index in [9.17, 15) is 8.42 Å². The molecule has 0 radical (unpaired) electrons. The highest BCUT2D eigenvalue weighted by Crippen LogP contribution is 2.44. The van der Waals surface area contributed by atoms with Crippen molar-refractivity contribution in [1.29, 1.82) is 0 Å². The second kappa shape index (κ2) is 17.2. The average Bonchev–Trinajstić information content (AvgIpc) is 3.15. The van der Waals surface area contributed by atoms with Gasteiger partial charge in [-0.1, -0.05) is 130 Å². The summed E-state index contributed by atoms with van der Waals surface area (Å²) in [6.07, 6.45) is 0. The fourth-order valence-electron chi connectivity index (χ4n) is 7.69. The predicted molar refractivity (Wildman–Crippen MR) is 225 cm³/mol. The quantitative estimate of drug-likeness (QED) is 0.149. The number of fused-ring (bicyclic) bond motifs is 2. The Balaban J connectivity index is 0.000000193. The lowest BCUT2D eigenvalue weighted by Gasteiger charge is -2.40. The normalized spacial score (nSPS) is 16.9. The Morgan fingerprint density at radius 1 is 0.685 bits per heavy atom. The minimum atomic E-state index is -3.45. The van der Waals surface area contributed by atoms with Gasteiger partial charge in [-0.2, -0.15) is 0 Å². The molecule has 6 nitrogen and oxygen atoms in total. The third-order valence-corrected chi connectivity index (χ3v) is 12.5. The highest BCUT2D eigenvalue weighted by atomic mass is 35.5. The number of piperazine rings is 1. The summed E-state index contributed by atoms with van der Waals surface area (Å²) < 4.78 is 25.7. The van der Waals surface area contributed by atoms with E-state index < -0.39 is 9.84 Å². The van der Waals surface area contributed by atoms with Crippen LogP contribution < -0.4 is 4.90 Å². The summed E-state index contributed by atoms with van der Waals surface area (Å²) in [6, 6.07) is 43.2. The molecule has 1 saturated heterocycles. The zero-order valence-electron chi connectivity index (χ0n) is 32.6. The first-order chi connectivity index (χ1) is 25.8. The van der Waals surface area contributed by atoms with Crippen molar-refractivity contribution in [1.82, 2.24) is 14.7 Å². The Hall–Kier alpha value is -3.98. The van der Waals surface area contributed by atoms with Crippen LogP contribution in [0.1, 0.15) is 56.0 Å². The molecular formula is C46H55ClN4O2S. The Kier molecular flexibility index (Phi) is 12.7. The molecule has 284 valence electrons. The number of rotatable bonds is 9. The van der Waals surface area contributed by atoms with Crippen molar-refractivity contribution in [3.8, 4) is 0 Å². The average molecular weight is 763 g/mol. The molecule has 0 aliphatic carbocycles. The molecule has 2 heterocycles. The Labute approximate surface area is 328 Å². The molecule has 0 saturated carbocycles. The summed E-state index contributed by atoms with van der Waals surface area (Å²) in [7, 11) is 0.664. The molecule has 0 spiro atoms. The van der Waals surface area contributed by atoms with Gasteiger partial charge in [0, 0.05) is 50.8 Å². The number of hydrogen-bond acceptors (Lipinski definition) is 6. The number of hydrogen-bond donors (Lipinski definition) is 0. The number of benzene rings is 5. The summed E-state index contributed by atoms with van der Waals surface area (Å²) in [5, 5.41) is 0.790. The SMILES string of the molecule is CC(C)(C)c1ccc(CN2CCN(C(c3ccccc3)c3ccc(Cl)cc3)CC2)cc1.CC(CN(C)C)CN1c2ccccc2S(=O)(=O)c2ccccc21. The summed E-state index contributed by atoms with van der Waals surface area (Å²) in [5.74, 6) is 0.409. The topological polar surface area (TPSA) is 47.1 Å². The van der Waals surface area contributed by atoms with E-state index in [2.05, 4.69) is 128 Å². The maximum atomic E-state index is 12.9. The van der Waals surface area contributed by atoms with Crippen LogP contribution in [-0.4, -0.2) is 76.5 Å². The zero-order chi connectivity index (χ0) is 38.5. The summed E-state index contributed by atoms with van der Waals surface area (Å²) >= 11 is 6.16. The van der Waals surface area contributed by atoms with Gasteiger partial charge < -0.3 is 9.80 Å². The fraction of sp³-hybridized carbons (Fsp3) is 0.348. The molecule has 1 fully saturated rings. The van der Waals surface area contributed by atoms with Crippen LogP contribution in [0.2, 0.25) is 5.02 Å². The van der Waals surface area contributed by atoms with Crippen molar-refractivity contribution in [3.05, 3.63) is 155 Å². The van der Waals surface area contributed by atoms with E-state index in [0.29, 0.717) is 15.7 Å². The van der Waals surface area contributed by atoms with E-state index in [-0.39, 0.29) is 11.5 Å². The molecule has 2 aliphatic heterocycles. The third kappa shape index (κ3) is 9.45. The van der Waals surface area contributed by atoms with Crippen LogP contribution in [0.4, 0.5) is 11.4 Å². The second-order valence-electron chi connectivity index (χ2n) is 16.0. The molecule has 7 rings (SSSR count). The van der Waals surface area contributed by atoms with Gasteiger partial charge in [-0.15, -0.1) is 0 Å². The van der Waals surface area contributed by atoms with Crippen molar-refractivity contribution >= 4 is 32.8 Å². The maximum Gasteiger partial charge on any atom is 0.210 e. The molecule has 5 aromatic carbocycles. The van der Waals surface area contributed by atoms with E-state index in [4.69, 9.17) is 11.6 Å². The monoisotopic (exact) mass is 762 g/mol. The molecule has 2 atom stereocenters. The van der Waals surface area contributed by atoms with Gasteiger partial charge in [0.15, 0.2) is 0 Å². The largest absolute Gasteiger partial charge is 0.339 e. The lowest BCUT2D eigenvalue weighted by Crippen LogP contribution is -2.47. The third-order valence-electron chi connectivity index (χ3n) is 10.4. The number of halogens is 1. The van der Waals surface area contributed by atoms with Crippen LogP contribution in [-0.2, 0) is 21.8 Å². The molecule has 2 unspecified atom stereocenters. The van der Waals surface area contributed by atoms with Crippen LogP contribution in [0.5, 0.6) is 0 Å². The van der Waals surface area contributed by atoms with Gasteiger partial charge in [-0.3, -0.25) is 9.80 Å². The van der Waals surface area contributed by atoms with Crippen molar-refractivity contribution in [2.75, 3.05) is 58.3 Å². The molecule has 5 aromatic rings. The molecule has 2 aliphatic rings. The van der Waals surface area contributed by atoms with E-state index in [1.165, 1.54) is 22.3 Å². The maximum absolute atomic E-state index is 12.9. The van der Waals surface area contributed by atoms with Crippen LogP contribution >= 0.6 is 11.6 Å². The van der Waals surface area contributed by atoms with Crippen LogP contribution in [0.25, 0.3) is 0 Å². The Morgan fingerprint density at radius 3 is 1.74 bits per heavy atom. The van der Waals surface area contributed by atoms with Crippen molar-refractivity contribution < 1.29 is 8.42 Å². The van der Waals surface area contributed by atoms with E-state index in [1.807, 2.05) is 36.4 Å². The molecule has 0 aromatic heterocycles. The smallest absolute Gasteiger partial charge is 0.210 e. The van der Waals surface area contributed by atoms with Crippen LogP contribution in [0, 0.1) is 5.92 Å². The van der Waals surface area contributed by atoms with Crippen LogP contribution in [0.15, 0.2) is 137 Å². The highest BCUT2D eigenvalue weighted by molar-refractivity contribution is 7.92. The van der Waals surface area contributed by atoms with E-state index in [0.717, 1.165) is 62.2 Å². The first kappa shape index (κ1) is 39.7. The van der Waals surface area contributed by atoms with Gasteiger partial charge in [-0.25, -0.2) is 8.42 Å². The highest BCUT2D eigenvalue weighted by Gasteiger charge is 2.34. The lowest BCUT2D eigenvalue weighted by atomic mass is 9.87. The van der Waals surface area contributed by atoms with Gasteiger partial charge in [0.05, 0.1) is 27.2 Å². The minimum absolute atomic E-state index is 0.207. The van der Waals surface area contributed by atoms with Gasteiger partial charge in [0.25, 0.3) is 0 Å². The number of para-hydroxylation sites is 2. The van der Waals surface area contributed by atoms with Gasteiger partial charge in [-0.05, 0) is 84.1 Å². The van der Waals surface area contributed by atoms with Crippen molar-refractivity contribution in [2.24, 2.45) is 5.92 Å². The van der Waals surface area contributed by atoms with Gasteiger partial charge >= 0.3 is 0 Å². The van der Waals surface area contributed by atoms with E-state index >= 15 is 0 Å². The van der Waals surface area contributed by atoms with Crippen LogP contribution in [0.3, 0.4) is 0 Å². The minimum Gasteiger partial charge on any atom is -0.339 e. The fourth-order valence-corrected chi connectivity index (χ4v) is 9.48. The lowest BCUT2D eigenvalue weighted by molar-refractivity contribution is 0.105. The first-order valence-electron chi connectivity index (χ1n) is 19.0. The Morgan fingerprint density at radius 2 is 1.20 bits per heavy atom. The van der Waals surface area contributed by atoms with Gasteiger partial charge in [0.1, 0.15) is 0 Å². The summed E-state index contributed by atoms with van der Waals surface area (Å²) in [4.78, 5) is 10.3. The molecule has 0 bridgehead atoms. The Bertz CT molecular complexity index is 2020. The molecule has 8 heteroatoms. The standard InChI is InChI=1S/C28H33ClN2.C18H22N2O2S/c1-28(2,3)25-13-9-22(10-14-25)21-30-17-19-31(20-18-30)27(23-7-5-4-6-8-23)24-11-15-26(29)16-12-24;1-14(12-19(2)3)13-20-15-8-4-6-10-17(15)23(21,22)18-11-7-5-9-16(18)20/h4-16,27H,17-21H2,1-3H3;4-11,14H,12-13H2,1-3H3. The molecule has 54 heavy (non-hydrogen) atoms. The summed E-state index contributed by atoms with van der Waals surface area (Å²) in [5.41, 5.74) is 7.21. The molecular weight excluding hydrogens is 708 g/mol. The zero-order valence-corrected chi connectivity index (χ0v) is 34.2. The van der Waals surface area contributed by atoms with Crippen molar-refractivity contribution in [2.45, 2.75) is 55.5 Å². The van der Waals surface area contributed by atoms with Crippen molar-refractivity contribution in [3.63, 3.8) is 0 Å². The summed E-state index contributed by atoms with van der Waals surface area (Å²) in [6.45, 7) is 16.0. The molecule has 0 amide bonds. The molecule has 0 N–H and O–H groups in total. The second-order valence-corrected chi connectivity index (χ2v) is 18.4.